The zero-order valence-electron chi connectivity index (χ0n) is 16.4. The molecule has 0 saturated heterocycles. The van der Waals surface area contributed by atoms with Gasteiger partial charge in [-0.3, -0.25) is 0 Å². The van der Waals surface area contributed by atoms with E-state index in [1.54, 1.807) is 6.92 Å². The lowest BCUT2D eigenvalue weighted by atomic mass is 9.99. The van der Waals surface area contributed by atoms with Crippen molar-refractivity contribution in [2.24, 2.45) is 0 Å². The quantitative estimate of drug-likeness (QED) is 0.696. The minimum Gasteiger partial charge on any atom is -0.462 e. The molecule has 0 amide bonds. The molecule has 0 aromatic heterocycles. The SMILES string of the molecule is CCNc1cc2c(cc1C)C(C)=C/C(=C\C1=CC(=C(/C)C#N)/C=C(C)O1)O2. The lowest BCUT2D eigenvalue weighted by Gasteiger charge is -2.22. The number of benzene rings is 1. The van der Waals surface area contributed by atoms with Crippen LogP contribution in [0.4, 0.5) is 5.69 Å². The standard InChI is InChI=1S/C23H24N2O2/c1-6-25-22-12-23-21(8-15(22)3)14(2)7-19(27-23)11-20-10-18(16(4)13-24)9-17(5)26-20/h7-12,25H,6H2,1-5H3/b18-16-,19-11+. The van der Waals surface area contributed by atoms with Crippen LogP contribution in [-0.4, -0.2) is 6.54 Å². The third kappa shape index (κ3) is 3.98. The Morgan fingerprint density at radius 3 is 2.63 bits per heavy atom. The zero-order chi connectivity index (χ0) is 19.6. The van der Waals surface area contributed by atoms with Gasteiger partial charge in [0, 0.05) is 35.5 Å². The molecule has 0 radical (unpaired) electrons. The second kappa shape index (κ2) is 7.59. The molecule has 0 atom stereocenters. The third-order valence-electron chi connectivity index (χ3n) is 4.53. The maximum absolute atomic E-state index is 9.15. The van der Waals surface area contributed by atoms with Crippen LogP contribution in [0.3, 0.4) is 0 Å². The van der Waals surface area contributed by atoms with Crippen molar-refractivity contribution in [3.8, 4) is 11.8 Å². The number of hydrogen-bond acceptors (Lipinski definition) is 4. The van der Waals surface area contributed by atoms with E-state index >= 15 is 0 Å². The summed E-state index contributed by atoms with van der Waals surface area (Å²) in [5.74, 6) is 2.94. The molecule has 0 unspecified atom stereocenters. The molecular formula is C23H24N2O2. The van der Waals surface area contributed by atoms with Crippen LogP contribution in [-0.2, 0) is 4.74 Å². The van der Waals surface area contributed by atoms with Crippen LogP contribution < -0.4 is 10.1 Å². The van der Waals surface area contributed by atoms with Crippen LogP contribution in [0.2, 0.25) is 0 Å². The summed E-state index contributed by atoms with van der Waals surface area (Å²) in [6.45, 7) is 10.8. The van der Waals surface area contributed by atoms with Crippen LogP contribution in [0.5, 0.6) is 5.75 Å². The highest BCUT2D eigenvalue weighted by atomic mass is 16.5. The summed E-state index contributed by atoms with van der Waals surface area (Å²) in [6, 6.07) is 6.38. The average molecular weight is 360 g/mol. The van der Waals surface area contributed by atoms with Crippen molar-refractivity contribution in [2.45, 2.75) is 34.6 Å². The number of ether oxygens (including phenoxy) is 2. The molecule has 0 bridgehead atoms. The van der Waals surface area contributed by atoms with Gasteiger partial charge in [0.15, 0.2) is 0 Å². The molecule has 0 fully saturated rings. The summed E-state index contributed by atoms with van der Waals surface area (Å²) < 4.78 is 11.9. The fraction of sp³-hybridized carbons (Fsp3) is 0.261. The van der Waals surface area contributed by atoms with Gasteiger partial charge >= 0.3 is 0 Å². The Kier molecular flexibility index (Phi) is 5.23. The van der Waals surface area contributed by atoms with Crippen molar-refractivity contribution in [2.75, 3.05) is 11.9 Å². The van der Waals surface area contributed by atoms with E-state index in [9.17, 15) is 0 Å². The first-order chi connectivity index (χ1) is 12.9. The Morgan fingerprint density at radius 2 is 1.93 bits per heavy atom. The molecule has 1 N–H and O–H groups in total. The van der Waals surface area contributed by atoms with E-state index in [1.807, 2.05) is 37.3 Å². The maximum atomic E-state index is 9.15. The highest BCUT2D eigenvalue weighted by Crippen LogP contribution is 2.37. The second-order valence-corrected chi connectivity index (χ2v) is 6.77. The number of nitrogens with one attached hydrogen (secondary N) is 1. The van der Waals surface area contributed by atoms with Gasteiger partial charge in [-0.25, -0.2) is 0 Å². The Morgan fingerprint density at radius 1 is 1.15 bits per heavy atom. The van der Waals surface area contributed by atoms with E-state index in [1.165, 1.54) is 5.56 Å². The molecule has 2 aliphatic heterocycles. The van der Waals surface area contributed by atoms with E-state index in [4.69, 9.17) is 14.7 Å². The summed E-state index contributed by atoms with van der Waals surface area (Å²) in [4.78, 5) is 0. The van der Waals surface area contributed by atoms with Gasteiger partial charge < -0.3 is 14.8 Å². The average Bonchev–Trinajstić information content (AvgIpc) is 2.62. The summed E-state index contributed by atoms with van der Waals surface area (Å²) >= 11 is 0. The highest BCUT2D eigenvalue weighted by molar-refractivity contribution is 5.77. The van der Waals surface area contributed by atoms with Crippen molar-refractivity contribution < 1.29 is 9.47 Å². The monoisotopic (exact) mass is 360 g/mol. The number of fused-ring (bicyclic) bond motifs is 1. The van der Waals surface area contributed by atoms with Gasteiger partial charge in [0.25, 0.3) is 0 Å². The largest absolute Gasteiger partial charge is 0.462 e. The van der Waals surface area contributed by atoms with Crippen molar-refractivity contribution in [3.05, 3.63) is 76.0 Å². The number of hydrogen-bond donors (Lipinski definition) is 1. The lowest BCUT2D eigenvalue weighted by Crippen LogP contribution is -2.07. The van der Waals surface area contributed by atoms with E-state index in [2.05, 4.69) is 38.2 Å². The zero-order valence-corrected chi connectivity index (χ0v) is 16.4. The van der Waals surface area contributed by atoms with Crippen LogP contribution in [0.15, 0.2) is 64.9 Å². The number of allylic oxidation sites excluding steroid dienone is 8. The van der Waals surface area contributed by atoms with Gasteiger partial charge in [-0.2, -0.15) is 5.26 Å². The Bertz CT molecular complexity index is 982. The van der Waals surface area contributed by atoms with Crippen molar-refractivity contribution in [3.63, 3.8) is 0 Å². The summed E-state index contributed by atoms with van der Waals surface area (Å²) in [5.41, 5.74) is 6.02. The molecule has 0 aliphatic carbocycles. The molecule has 4 nitrogen and oxygen atoms in total. The smallest absolute Gasteiger partial charge is 0.136 e. The van der Waals surface area contributed by atoms with E-state index in [-0.39, 0.29) is 0 Å². The molecule has 3 rings (SSSR count). The van der Waals surface area contributed by atoms with Gasteiger partial charge in [-0.15, -0.1) is 0 Å². The molecule has 0 spiro atoms. The number of rotatable bonds is 3. The third-order valence-corrected chi connectivity index (χ3v) is 4.53. The Balaban J connectivity index is 1.97. The van der Waals surface area contributed by atoms with Crippen LogP contribution in [0, 0.1) is 18.3 Å². The summed E-state index contributed by atoms with van der Waals surface area (Å²) in [6.07, 6.45) is 7.59. The van der Waals surface area contributed by atoms with E-state index in [0.29, 0.717) is 17.1 Å². The fourth-order valence-corrected chi connectivity index (χ4v) is 3.13. The molecule has 4 heteroatoms. The number of aryl methyl sites for hydroxylation is 1. The van der Waals surface area contributed by atoms with Crippen LogP contribution in [0.1, 0.15) is 38.8 Å². The first kappa shape index (κ1) is 18.6. The number of nitrogens with zero attached hydrogens (tertiary/aromatic N) is 1. The van der Waals surface area contributed by atoms with Gasteiger partial charge in [-0.05, 0) is 75.6 Å². The van der Waals surface area contributed by atoms with Gasteiger partial charge in [0.1, 0.15) is 23.0 Å². The van der Waals surface area contributed by atoms with E-state index in [0.717, 1.165) is 40.5 Å². The van der Waals surface area contributed by atoms with Gasteiger partial charge in [0.05, 0.1) is 6.07 Å². The number of nitriles is 1. The maximum Gasteiger partial charge on any atom is 0.136 e. The Hall–Kier alpha value is -3.19. The first-order valence-corrected chi connectivity index (χ1v) is 9.06. The number of anilines is 1. The molecule has 2 heterocycles. The fourth-order valence-electron chi connectivity index (χ4n) is 3.13. The molecule has 0 saturated carbocycles. The van der Waals surface area contributed by atoms with Crippen molar-refractivity contribution >= 4 is 11.3 Å². The van der Waals surface area contributed by atoms with Gasteiger partial charge in [0.2, 0.25) is 0 Å². The van der Waals surface area contributed by atoms with Gasteiger partial charge in [-0.1, -0.05) is 0 Å². The van der Waals surface area contributed by atoms with Crippen molar-refractivity contribution in [1.82, 2.24) is 0 Å². The lowest BCUT2D eigenvalue weighted by molar-refractivity contribution is 0.313. The molecule has 1 aromatic rings. The first-order valence-electron chi connectivity index (χ1n) is 9.06. The van der Waals surface area contributed by atoms with Crippen LogP contribution >= 0.6 is 0 Å². The predicted molar refractivity (Wildman–Crippen MR) is 109 cm³/mol. The van der Waals surface area contributed by atoms with Crippen LogP contribution in [0.25, 0.3) is 5.57 Å². The minimum absolute atomic E-state index is 0.654. The molecule has 27 heavy (non-hydrogen) atoms. The molecule has 138 valence electrons. The molecule has 1 aromatic carbocycles. The Labute approximate surface area is 160 Å². The molecular weight excluding hydrogens is 336 g/mol. The second-order valence-electron chi connectivity index (χ2n) is 6.77. The normalized spacial score (nSPS) is 19.0. The molecule has 2 aliphatic rings. The summed E-state index contributed by atoms with van der Waals surface area (Å²) in [5, 5.41) is 12.5. The summed E-state index contributed by atoms with van der Waals surface area (Å²) in [7, 11) is 0. The highest BCUT2D eigenvalue weighted by Gasteiger charge is 2.18. The van der Waals surface area contributed by atoms with Crippen molar-refractivity contribution in [1.29, 1.82) is 5.26 Å². The van der Waals surface area contributed by atoms with E-state index < -0.39 is 0 Å². The topological polar surface area (TPSA) is 54.3 Å². The predicted octanol–water partition coefficient (Wildman–Crippen LogP) is 5.76. The minimum atomic E-state index is 0.654.